The second kappa shape index (κ2) is 8.72. The summed E-state index contributed by atoms with van der Waals surface area (Å²) in [6.07, 6.45) is 4.29. The van der Waals surface area contributed by atoms with Gasteiger partial charge in [0.25, 0.3) is 11.8 Å². The zero-order valence-electron chi connectivity index (χ0n) is 12.3. The maximum absolute atomic E-state index is 11.8. The first kappa shape index (κ1) is 16.7. The standard InChI is InChI=1S/C13H21N5O3/c1-3-4-5-6-15-13(21)11-16-7-9(18-11)12(20)17-8-10(19)14-2/h7H,3-6,8H2,1-2H3,(H,14,19)(H,15,21)(H,16,18)(H,17,20). The molecule has 1 rings (SSSR count). The van der Waals surface area contributed by atoms with E-state index in [4.69, 9.17) is 0 Å². The van der Waals surface area contributed by atoms with E-state index < -0.39 is 5.91 Å². The first-order valence-electron chi connectivity index (χ1n) is 6.90. The van der Waals surface area contributed by atoms with Gasteiger partial charge in [-0.05, 0) is 6.42 Å². The summed E-state index contributed by atoms with van der Waals surface area (Å²) in [6, 6.07) is 0. The maximum Gasteiger partial charge on any atom is 0.287 e. The number of aromatic amines is 1. The summed E-state index contributed by atoms with van der Waals surface area (Å²) >= 11 is 0. The highest BCUT2D eigenvalue weighted by Gasteiger charge is 2.14. The Balaban J connectivity index is 2.46. The van der Waals surface area contributed by atoms with Crippen LogP contribution in [0.4, 0.5) is 0 Å². The second-order valence-corrected chi connectivity index (χ2v) is 4.46. The van der Waals surface area contributed by atoms with Crippen molar-refractivity contribution in [2.24, 2.45) is 0 Å². The molecule has 0 unspecified atom stereocenters. The Morgan fingerprint density at radius 3 is 2.62 bits per heavy atom. The quantitative estimate of drug-likeness (QED) is 0.497. The molecule has 0 aromatic carbocycles. The van der Waals surface area contributed by atoms with Crippen LogP contribution in [0.5, 0.6) is 0 Å². The number of nitrogens with one attached hydrogen (secondary N) is 4. The highest BCUT2D eigenvalue weighted by atomic mass is 16.2. The van der Waals surface area contributed by atoms with E-state index in [0.29, 0.717) is 6.54 Å². The highest BCUT2D eigenvalue weighted by Crippen LogP contribution is 1.98. The number of nitrogens with zero attached hydrogens (tertiary/aromatic N) is 1. The number of aromatic nitrogens is 2. The molecule has 0 atom stereocenters. The summed E-state index contributed by atoms with van der Waals surface area (Å²) in [6.45, 7) is 2.52. The molecule has 0 saturated carbocycles. The molecule has 8 heteroatoms. The lowest BCUT2D eigenvalue weighted by Crippen LogP contribution is -2.35. The second-order valence-electron chi connectivity index (χ2n) is 4.46. The van der Waals surface area contributed by atoms with Crippen molar-refractivity contribution in [3.8, 4) is 0 Å². The first-order valence-corrected chi connectivity index (χ1v) is 6.90. The van der Waals surface area contributed by atoms with E-state index in [-0.39, 0.29) is 29.9 Å². The van der Waals surface area contributed by atoms with Crippen LogP contribution in [0.3, 0.4) is 0 Å². The van der Waals surface area contributed by atoms with Gasteiger partial charge in [0.05, 0.1) is 12.7 Å². The fraction of sp³-hybridized carbons (Fsp3) is 0.538. The molecule has 0 aliphatic rings. The summed E-state index contributed by atoms with van der Waals surface area (Å²) in [7, 11) is 1.48. The van der Waals surface area contributed by atoms with Crippen LogP contribution in [0.2, 0.25) is 0 Å². The Kier molecular flexibility index (Phi) is 6.93. The van der Waals surface area contributed by atoms with Crippen LogP contribution in [0.1, 0.15) is 47.3 Å². The summed E-state index contributed by atoms with van der Waals surface area (Å²) in [5.41, 5.74) is 0.137. The fourth-order valence-electron chi connectivity index (χ4n) is 1.56. The maximum atomic E-state index is 11.8. The lowest BCUT2D eigenvalue weighted by molar-refractivity contribution is -0.119. The van der Waals surface area contributed by atoms with Crippen LogP contribution >= 0.6 is 0 Å². The monoisotopic (exact) mass is 295 g/mol. The molecule has 3 amide bonds. The molecule has 0 radical (unpaired) electrons. The predicted octanol–water partition coefficient (Wildman–Crippen LogP) is -0.194. The van der Waals surface area contributed by atoms with Gasteiger partial charge in [-0.25, -0.2) is 4.98 Å². The third kappa shape index (κ3) is 5.64. The summed E-state index contributed by atoms with van der Waals surface area (Å²) in [4.78, 5) is 41.0. The molecule has 4 N–H and O–H groups in total. The normalized spacial score (nSPS) is 10.0. The summed E-state index contributed by atoms with van der Waals surface area (Å²) in [5, 5.41) is 7.51. The van der Waals surface area contributed by atoms with Gasteiger partial charge in [-0.15, -0.1) is 0 Å². The van der Waals surface area contributed by atoms with E-state index in [1.807, 2.05) is 0 Å². The molecule has 116 valence electrons. The lowest BCUT2D eigenvalue weighted by Gasteiger charge is -2.02. The van der Waals surface area contributed by atoms with E-state index in [1.165, 1.54) is 13.2 Å². The lowest BCUT2D eigenvalue weighted by atomic mass is 10.2. The number of imidazole rings is 1. The van der Waals surface area contributed by atoms with Gasteiger partial charge in [-0.1, -0.05) is 19.8 Å². The first-order chi connectivity index (χ1) is 10.1. The number of rotatable bonds is 8. The van der Waals surface area contributed by atoms with Crippen molar-refractivity contribution in [2.75, 3.05) is 20.1 Å². The molecule has 21 heavy (non-hydrogen) atoms. The van der Waals surface area contributed by atoms with Crippen molar-refractivity contribution in [2.45, 2.75) is 26.2 Å². The smallest absolute Gasteiger partial charge is 0.287 e. The Morgan fingerprint density at radius 2 is 1.95 bits per heavy atom. The van der Waals surface area contributed by atoms with Crippen LogP contribution in [0.25, 0.3) is 0 Å². The average molecular weight is 295 g/mol. The van der Waals surface area contributed by atoms with Crippen molar-refractivity contribution in [3.05, 3.63) is 17.7 Å². The van der Waals surface area contributed by atoms with Crippen molar-refractivity contribution >= 4 is 17.7 Å². The molecule has 1 heterocycles. The van der Waals surface area contributed by atoms with Gasteiger partial charge in [-0.3, -0.25) is 14.4 Å². The molecule has 1 aromatic rings. The highest BCUT2D eigenvalue weighted by molar-refractivity contribution is 5.97. The van der Waals surface area contributed by atoms with E-state index in [2.05, 4.69) is 32.8 Å². The zero-order valence-corrected chi connectivity index (χ0v) is 12.3. The predicted molar refractivity (Wildman–Crippen MR) is 76.8 cm³/mol. The van der Waals surface area contributed by atoms with Crippen molar-refractivity contribution in [3.63, 3.8) is 0 Å². The summed E-state index contributed by atoms with van der Waals surface area (Å²) < 4.78 is 0. The number of amides is 3. The Morgan fingerprint density at radius 1 is 1.19 bits per heavy atom. The van der Waals surface area contributed by atoms with Crippen molar-refractivity contribution < 1.29 is 14.4 Å². The van der Waals surface area contributed by atoms with Crippen molar-refractivity contribution in [1.29, 1.82) is 0 Å². The van der Waals surface area contributed by atoms with Gasteiger partial charge >= 0.3 is 0 Å². The number of carbonyl (C=O) groups is 3. The van der Waals surface area contributed by atoms with Gasteiger partial charge < -0.3 is 20.9 Å². The van der Waals surface area contributed by atoms with Crippen LogP contribution in [-0.4, -0.2) is 47.8 Å². The van der Waals surface area contributed by atoms with Gasteiger partial charge in [0.2, 0.25) is 5.91 Å². The molecule has 1 aromatic heterocycles. The number of hydrogen-bond acceptors (Lipinski definition) is 4. The van der Waals surface area contributed by atoms with Crippen molar-refractivity contribution in [1.82, 2.24) is 25.9 Å². The number of likely N-dealkylation sites (N-methyl/N-ethyl adjacent to an activating group) is 1. The molecule has 8 nitrogen and oxygen atoms in total. The number of unbranched alkanes of at least 4 members (excludes halogenated alkanes) is 2. The van der Waals surface area contributed by atoms with Crippen LogP contribution in [0, 0.1) is 0 Å². The van der Waals surface area contributed by atoms with Crippen LogP contribution in [-0.2, 0) is 4.79 Å². The number of hydrogen-bond donors (Lipinski definition) is 4. The molecule has 0 aliphatic carbocycles. The fourth-order valence-corrected chi connectivity index (χ4v) is 1.56. The Hall–Kier alpha value is -2.38. The molecular formula is C13H21N5O3. The molecule has 0 aliphatic heterocycles. The minimum absolute atomic E-state index is 0.0802. The van der Waals surface area contributed by atoms with Gasteiger partial charge in [0.15, 0.2) is 5.82 Å². The molecule has 0 spiro atoms. The largest absolute Gasteiger partial charge is 0.358 e. The molecular weight excluding hydrogens is 274 g/mol. The molecule has 0 saturated heterocycles. The minimum Gasteiger partial charge on any atom is -0.358 e. The Labute approximate surface area is 123 Å². The number of carbonyl (C=O) groups excluding carboxylic acids is 3. The van der Waals surface area contributed by atoms with Gasteiger partial charge in [0.1, 0.15) is 5.69 Å². The molecule has 0 bridgehead atoms. The summed E-state index contributed by atoms with van der Waals surface area (Å²) in [5.74, 6) is -1.07. The van der Waals surface area contributed by atoms with Gasteiger partial charge in [0, 0.05) is 13.6 Å². The van der Waals surface area contributed by atoms with Crippen LogP contribution < -0.4 is 16.0 Å². The van der Waals surface area contributed by atoms with Gasteiger partial charge in [-0.2, -0.15) is 0 Å². The zero-order chi connectivity index (χ0) is 15.7. The topological polar surface area (TPSA) is 116 Å². The average Bonchev–Trinajstić information content (AvgIpc) is 2.98. The molecule has 0 fully saturated rings. The third-order valence-electron chi connectivity index (χ3n) is 2.79. The van der Waals surface area contributed by atoms with Crippen LogP contribution in [0.15, 0.2) is 6.20 Å². The Bertz CT molecular complexity index is 498. The SMILES string of the molecule is CCCCCNC(=O)c1ncc(C(=O)NCC(=O)NC)[nH]1. The number of H-pyrrole nitrogens is 1. The van der Waals surface area contributed by atoms with E-state index in [1.54, 1.807) is 0 Å². The van der Waals surface area contributed by atoms with E-state index in [9.17, 15) is 14.4 Å². The minimum atomic E-state index is -0.490. The van der Waals surface area contributed by atoms with E-state index in [0.717, 1.165) is 19.3 Å². The van der Waals surface area contributed by atoms with E-state index >= 15 is 0 Å². The third-order valence-corrected chi connectivity index (χ3v) is 2.79.